The number of unbranched alkanes of at least 4 members (excludes halogenated alkanes) is 1. The number of terminal acetylenes is 1. The number of hydrogen-bond donors (Lipinski definition) is 3. The second-order valence-electron chi connectivity index (χ2n) is 2.76. The van der Waals surface area contributed by atoms with Gasteiger partial charge in [-0.1, -0.05) is 0 Å². The van der Waals surface area contributed by atoms with Gasteiger partial charge in [-0.25, -0.2) is 0 Å². The van der Waals surface area contributed by atoms with Crippen molar-refractivity contribution in [2.45, 2.75) is 12.8 Å². The Morgan fingerprint density at radius 3 is 3.14 bits per heavy atom. The van der Waals surface area contributed by atoms with E-state index in [-0.39, 0.29) is 5.91 Å². The van der Waals surface area contributed by atoms with E-state index >= 15 is 0 Å². The zero-order chi connectivity index (χ0) is 10.4. The van der Waals surface area contributed by atoms with Crippen LogP contribution in [0.3, 0.4) is 0 Å². The summed E-state index contributed by atoms with van der Waals surface area (Å²) < 4.78 is 0. The Hall–Kier alpha value is -1.96. The molecule has 5 nitrogen and oxygen atoms in total. The maximum absolute atomic E-state index is 11.4. The van der Waals surface area contributed by atoms with Crippen molar-refractivity contribution in [1.29, 1.82) is 0 Å². The molecule has 0 aliphatic carbocycles. The lowest BCUT2D eigenvalue weighted by molar-refractivity contribution is 0.0949. The van der Waals surface area contributed by atoms with E-state index < -0.39 is 0 Å². The number of hydrogen-bond acceptors (Lipinski definition) is 3. The van der Waals surface area contributed by atoms with Crippen molar-refractivity contribution in [2.75, 3.05) is 12.3 Å². The van der Waals surface area contributed by atoms with Crippen molar-refractivity contribution >= 4 is 11.6 Å². The molecular weight excluding hydrogens is 180 g/mol. The van der Waals surface area contributed by atoms with Gasteiger partial charge in [0.05, 0.1) is 11.9 Å². The summed E-state index contributed by atoms with van der Waals surface area (Å²) in [6, 6.07) is 0. The van der Waals surface area contributed by atoms with Gasteiger partial charge in [0.2, 0.25) is 0 Å². The molecule has 74 valence electrons. The molecule has 0 saturated heterocycles. The van der Waals surface area contributed by atoms with Crippen LogP contribution in [0.5, 0.6) is 0 Å². The number of nitrogens with one attached hydrogen (secondary N) is 2. The van der Waals surface area contributed by atoms with E-state index in [0.29, 0.717) is 24.3 Å². The molecule has 1 aromatic heterocycles. The molecule has 1 heterocycles. The minimum atomic E-state index is -0.253. The van der Waals surface area contributed by atoms with Gasteiger partial charge in [-0.3, -0.25) is 9.89 Å². The molecule has 0 aliphatic heterocycles. The zero-order valence-electron chi connectivity index (χ0n) is 7.71. The average molecular weight is 192 g/mol. The van der Waals surface area contributed by atoms with Crippen LogP contribution in [0.25, 0.3) is 0 Å². The maximum Gasteiger partial charge on any atom is 0.271 e. The quantitative estimate of drug-likeness (QED) is 0.468. The molecule has 0 fully saturated rings. The number of nitrogen functional groups attached to an aromatic ring is 1. The Kier molecular flexibility index (Phi) is 3.56. The molecule has 4 N–H and O–H groups in total. The fourth-order valence-electron chi connectivity index (χ4n) is 0.958. The molecule has 0 aliphatic rings. The first-order valence-electron chi connectivity index (χ1n) is 4.26. The number of aromatic amines is 1. The summed E-state index contributed by atoms with van der Waals surface area (Å²) in [4.78, 5) is 11.4. The minimum Gasteiger partial charge on any atom is -0.396 e. The predicted molar refractivity (Wildman–Crippen MR) is 53.4 cm³/mol. The third-order valence-electron chi connectivity index (χ3n) is 1.68. The van der Waals surface area contributed by atoms with Crippen LogP contribution in [0.1, 0.15) is 23.3 Å². The first kappa shape index (κ1) is 10.1. The monoisotopic (exact) mass is 192 g/mol. The first-order valence-corrected chi connectivity index (χ1v) is 4.26. The normalized spacial score (nSPS) is 9.36. The standard InChI is InChI=1S/C9H12N4O/c1-2-3-4-5-11-9(14)8-7(10)6-12-13-8/h1,6H,3-5,10H2,(H,11,14)(H,12,13). The third kappa shape index (κ3) is 2.52. The smallest absolute Gasteiger partial charge is 0.271 e. The molecule has 0 radical (unpaired) electrons. The van der Waals surface area contributed by atoms with Gasteiger partial charge in [0, 0.05) is 13.0 Å². The zero-order valence-corrected chi connectivity index (χ0v) is 7.71. The fraction of sp³-hybridized carbons (Fsp3) is 0.333. The second kappa shape index (κ2) is 4.92. The summed E-state index contributed by atoms with van der Waals surface area (Å²) in [5, 5.41) is 8.84. The number of H-pyrrole nitrogens is 1. The molecule has 0 saturated carbocycles. The molecule has 1 aromatic rings. The molecule has 0 atom stereocenters. The van der Waals surface area contributed by atoms with Crippen molar-refractivity contribution in [3.05, 3.63) is 11.9 Å². The third-order valence-corrected chi connectivity index (χ3v) is 1.68. The van der Waals surface area contributed by atoms with Gasteiger partial charge in [-0.2, -0.15) is 5.10 Å². The van der Waals surface area contributed by atoms with Crippen molar-refractivity contribution < 1.29 is 4.79 Å². The second-order valence-corrected chi connectivity index (χ2v) is 2.76. The number of amides is 1. The van der Waals surface area contributed by atoms with Crippen LogP contribution in [0.15, 0.2) is 6.20 Å². The molecule has 14 heavy (non-hydrogen) atoms. The van der Waals surface area contributed by atoms with E-state index in [1.54, 1.807) is 0 Å². The van der Waals surface area contributed by atoms with E-state index in [9.17, 15) is 4.79 Å². The molecule has 0 unspecified atom stereocenters. The number of carbonyl (C=O) groups is 1. The number of anilines is 1. The van der Waals surface area contributed by atoms with Gasteiger partial charge >= 0.3 is 0 Å². The molecular formula is C9H12N4O. The molecule has 0 bridgehead atoms. The molecule has 1 amide bonds. The minimum absolute atomic E-state index is 0.253. The van der Waals surface area contributed by atoms with Crippen molar-refractivity contribution in [1.82, 2.24) is 15.5 Å². The first-order chi connectivity index (χ1) is 6.75. The fourth-order valence-corrected chi connectivity index (χ4v) is 0.958. The highest BCUT2D eigenvalue weighted by Crippen LogP contribution is 2.04. The van der Waals surface area contributed by atoms with Crippen molar-refractivity contribution in [3.8, 4) is 12.3 Å². The largest absolute Gasteiger partial charge is 0.396 e. The van der Waals surface area contributed by atoms with Gasteiger partial charge in [0.15, 0.2) is 0 Å². The number of carbonyl (C=O) groups excluding carboxylic acids is 1. The highest BCUT2D eigenvalue weighted by atomic mass is 16.1. The van der Waals surface area contributed by atoms with Crippen molar-refractivity contribution in [2.24, 2.45) is 0 Å². The molecule has 5 heteroatoms. The van der Waals surface area contributed by atoms with Gasteiger partial charge in [0.1, 0.15) is 5.69 Å². The van der Waals surface area contributed by atoms with Crippen LogP contribution in [0, 0.1) is 12.3 Å². The van der Waals surface area contributed by atoms with Crippen LogP contribution >= 0.6 is 0 Å². The average Bonchev–Trinajstić information content (AvgIpc) is 2.59. The van der Waals surface area contributed by atoms with Gasteiger partial charge in [0.25, 0.3) is 5.91 Å². The van der Waals surface area contributed by atoms with E-state index in [0.717, 1.165) is 6.42 Å². The van der Waals surface area contributed by atoms with Crippen molar-refractivity contribution in [3.63, 3.8) is 0 Å². The number of nitrogens with zero attached hydrogens (tertiary/aromatic N) is 1. The predicted octanol–water partition coefficient (Wildman–Crippen LogP) is 0.135. The van der Waals surface area contributed by atoms with Crippen LogP contribution in [0.2, 0.25) is 0 Å². The van der Waals surface area contributed by atoms with E-state index in [4.69, 9.17) is 12.2 Å². The van der Waals surface area contributed by atoms with Gasteiger partial charge in [-0.15, -0.1) is 12.3 Å². The SMILES string of the molecule is C#CCCCNC(=O)c1[nH]ncc1N. The van der Waals surface area contributed by atoms with Crippen LogP contribution in [-0.4, -0.2) is 22.6 Å². The highest BCUT2D eigenvalue weighted by Gasteiger charge is 2.09. The number of nitrogens with two attached hydrogens (primary N) is 1. The lowest BCUT2D eigenvalue weighted by Crippen LogP contribution is -2.25. The number of rotatable bonds is 4. The summed E-state index contributed by atoms with van der Waals surface area (Å²) in [5.41, 5.74) is 6.13. The Morgan fingerprint density at radius 2 is 2.57 bits per heavy atom. The Labute approximate surface area is 82.1 Å². The van der Waals surface area contributed by atoms with Crippen LogP contribution in [-0.2, 0) is 0 Å². The number of aromatic nitrogens is 2. The lowest BCUT2D eigenvalue weighted by Gasteiger charge is -2.01. The van der Waals surface area contributed by atoms with E-state index in [1.165, 1.54) is 6.20 Å². The van der Waals surface area contributed by atoms with Crippen LogP contribution in [0.4, 0.5) is 5.69 Å². The maximum atomic E-state index is 11.4. The van der Waals surface area contributed by atoms with E-state index in [2.05, 4.69) is 21.4 Å². The molecule has 0 spiro atoms. The summed E-state index contributed by atoms with van der Waals surface area (Å²) >= 11 is 0. The van der Waals surface area contributed by atoms with Crippen LogP contribution < -0.4 is 11.1 Å². The lowest BCUT2D eigenvalue weighted by atomic mass is 10.3. The van der Waals surface area contributed by atoms with Gasteiger partial charge in [-0.05, 0) is 6.42 Å². The topological polar surface area (TPSA) is 83.8 Å². The Bertz CT molecular complexity index is 350. The van der Waals surface area contributed by atoms with E-state index in [1.807, 2.05) is 0 Å². The Morgan fingerprint density at radius 1 is 1.79 bits per heavy atom. The highest BCUT2D eigenvalue weighted by molar-refractivity contribution is 5.96. The summed E-state index contributed by atoms with van der Waals surface area (Å²) in [6.45, 7) is 0.543. The summed E-state index contributed by atoms with van der Waals surface area (Å²) in [6.07, 6.45) is 7.88. The molecule has 0 aromatic carbocycles. The Balaban J connectivity index is 2.37. The summed E-state index contributed by atoms with van der Waals surface area (Å²) in [7, 11) is 0. The summed E-state index contributed by atoms with van der Waals surface area (Å²) in [5.74, 6) is 2.24. The molecule has 1 rings (SSSR count). The van der Waals surface area contributed by atoms with Gasteiger partial charge < -0.3 is 11.1 Å².